The van der Waals surface area contributed by atoms with Crippen LogP contribution in [0.1, 0.15) is 19.4 Å². The monoisotopic (exact) mass is 430 g/mol. The molecule has 0 saturated carbocycles. The van der Waals surface area contributed by atoms with Gasteiger partial charge in [-0.25, -0.2) is 0 Å². The van der Waals surface area contributed by atoms with Crippen LogP contribution in [-0.4, -0.2) is 26.1 Å². The summed E-state index contributed by atoms with van der Waals surface area (Å²) < 4.78 is 22.2. The van der Waals surface area contributed by atoms with Crippen molar-refractivity contribution in [2.45, 2.75) is 20.3 Å². The summed E-state index contributed by atoms with van der Waals surface area (Å²) in [7, 11) is 2.88. The highest BCUT2D eigenvalue weighted by Gasteiger charge is 2.23. The summed E-state index contributed by atoms with van der Waals surface area (Å²) >= 11 is 5.99. The van der Waals surface area contributed by atoms with Crippen molar-refractivity contribution < 1.29 is 23.7 Å². The number of hydrogen-bond donors (Lipinski definition) is 1. The molecule has 2 aromatic carbocycles. The van der Waals surface area contributed by atoms with E-state index in [1.807, 2.05) is 19.9 Å². The summed E-state index contributed by atoms with van der Waals surface area (Å²) in [5, 5.41) is 11.2. The molecule has 30 heavy (non-hydrogen) atoms. The third kappa shape index (κ3) is 4.30. The van der Waals surface area contributed by atoms with Crippen LogP contribution in [0.5, 0.6) is 17.2 Å². The second-order valence-corrected chi connectivity index (χ2v) is 7.35. The number of ether oxygens (including phenoxy) is 3. The number of aromatic hydroxyl groups is 1. The smallest absolute Gasteiger partial charge is 0.239 e. The van der Waals surface area contributed by atoms with E-state index in [9.17, 15) is 9.90 Å². The van der Waals surface area contributed by atoms with Crippen LogP contribution in [0.15, 0.2) is 51.2 Å². The summed E-state index contributed by atoms with van der Waals surface area (Å²) in [6.45, 7) is 3.92. The van der Waals surface area contributed by atoms with Crippen molar-refractivity contribution in [1.29, 1.82) is 0 Å². The molecule has 0 aliphatic carbocycles. The van der Waals surface area contributed by atoms with Crippen LogP contribution in [0.3, 0.4) is 0 Å². The SMILES string of the molecule is COCOc1cc(O)c2c(=O)c(OC)c(-c3ccc(Cl)cc3)oc2c1CC=C(C)C. The molecule has 0 amide bonds. The minimum absolute atomic E-state index is 0.00107. The van der Waals surface area contributed by atoms with Crippen molar-refractivity contribution >= 4 is 22.6 Å². The van der Waals surface area contributed by atoms with E-state index >= 15 is 0 Å². The number of allylic oxidation sites excluding steroid dienone is 2. The van der Waals surface area contributed by atoms with Crippen LogP contribution >= 0.6 is 11.6 Å². The maximum absolute atomic E-state index is 13.2. The average Bonchev–Trinajstić information content (AvgIpc) is 2.71. The fourth-order valence-electron chi connectivity index (χ4n) is 3.09. The zero-order chi connectivity index (χ0) is 21.8. The molecule has 0 unspecified atom stereocenters. The highest BCUT2D eigenvalue weighted by Crippen LogP contribution is 2.39. The third-order valence-corrected chi connectivity index (χ3v) is 4.78. The fraction of sp³-hybridized carbons (Fsp3) is 0.261. The number of hydrogen-bond acceptors (Lipinski definition) is 6. The number of methoxy groups -OCH3 is 2. The Kier molecular flexibility index (Phi) is 6.70. The lowest BCUT2D eigenvalue weighted by atomic mass is 10.0. The van der Waals surface area contributed by atoms with Gasteiger partial charge in [0.15, 0.2) is 12.6 Å². The fourth-order valence-corrected chi connectivity index (χ4v) is 3.21. The lowest BCUT2D eigenvalue weighted by Gasteiger charge is -2.16. The van der Waals surface area contributed by atoms with Gasteiger partial charge in [0.2, 0.25) is 11.2 Å². The predicted octanol–water partition coefficient (Wildman–Crippen LogP) is 5.32. The topological polar surface area (TPSA) is 78.1 Å². The zero-order valence-electron chi connectivity index (χ0n) is 17.2. The number of fused-ring (bicyclic) bond motifs is 1. The molecule has 1 heterocycles. The highest BCUT2D eigenvalue weighted by atomic mass is 35.5. The van der Waals surface area contributed by atoms with E-state index in [2.05, 4.69) is 0 Å². The lowest BCUT2D eigenvalue weighted by molar-refractivity contribution is 0.0504. The molecule has 6 nitrogen and oxygen atoms in total. The summed E-state index contributed by atoms with van der Waals surface area (Å²) in [5.41, 5.74) is 2.08. The van der Waals surface area contributed by atoms with Crippen LogP contribution in [0.4, 0.5) is 0 Å². The van der Waals surface area contributed by atoms with Gasteiger partial charge in [0.1, 0.15) is 22.5 Å². The van der Waals surface area contributed by atoms with Crippen molar-refractivity contribution in [2.24, 2.45) is 0 Å². The van der Waals surface area contributed by atoms with Gasteiger partial charge in [-0.3, -0.25) is 4.79 Å². The van der Waals surface area contributed by atoms with Gasteiger partial charge in [0.05, 0.1) is 7.11 Å². The van der Waals surface area contributed by atoms with Gasteiger partial charge >= 0.3 is 0 Å². The first-order valence-corrected chi connectivity index (χ1v) is 9.65. The van der Waals surface area contributed by atoms with Crippen LogP contribution in [0.25, 0.3) is 22.3 Å². The summed E-state index contributed by atoms with van der Waals surface area (Å²) in [6.07, 6.45) is 2.42. The Hall–Kier alpha value is -2.96. The Morgan fingerprint density at radius 2 is 1.90 bits per heavy atom. The second-order valence-electron chi connectivity index (χ2n) is 6.91. The Morgan fingerprint density at radius 1 is 1.20 bits per heavy atom. The molecule has 0 aliphatic heterocycles. The Balaban J connectivity index is 2.38. The van der Waals surface area contributed by atoms with Gasteiger partial charge in [-0.05, 0) is 44.5 Å². The summed E-state index contributed by atoms with van der Waals surface area (Å²) in [6, 6.07) is 8.25. The van der Waals surface area contributed by atoms with Crippen LogP contribution in [-0.2, 0) is 11.2 Å². The van der Waals surface area contributed by atoms with Crippen LogP contribution in [0.2, 0.25) is 5.02 Å². The maximum Gasteiger partial charge on any atom is 0.239 e. The van der Waals surface area contributed by atoms with E-state index in [1.165, 1.54) is 20.3 Å². The highest BCUT2D eigenvalue weighted by molar-refractivity contribution is 6.30. The lowest BCUT2D eigenvalue weighted by Crippen LogP contribution is -2.10. The van der Waals surface area contributed by atoms with E-state index in [0.717, 1.165) is 5.57 Å². The Morgan fingerprint density at radius 3 is 2.50 bits per heavy atom. The average molecular weight is 431 g/mol. The number of halogens is 1. The molecule has 0 spiro atoms. The van der Waals surface area contributed by atoms with E-state index in [-0.39, 0.29) is 35.0 Å². The summed E-state index contributed by atoms with van der Waals surface area (Å²) in [5.74, 6) is 0.355. The molecule has 1 aromatic heterocycles. The quantitative estimate of drug-likeness (QED) is 0.403. The molecule has 0 radical (unpaired) electrons. The van der Waals surface area contributed by atoms with Crippen molar-refractivity contribution in [3.8, 4) is 28.6 Å². The molecule has 0 atom stereocenters. The summed E-state index contributed by atoms with van der Waals surface area (Å²) in [4.78, 5) is 13.2. The number of rotatable bonds is 7. The first kappa shape index (κ1) is 21.7. The Labute approximate surface area is 179 Å². The van der Waals surface area contributed by atoms with Gasteiger partial charge < -0.3 is 23.7 Å². The first-order chi connectivity index (χ1) is 14.4. The van der Waals surface area contributed by atoms with Gasteiger partial charge in [-0.1, -0.05) is 23.3 Å². The molecule has 0 saturated heterocycles. The molecule has 7 heteroatoms. The van der Waals surface area contributed by atoms with Gasteiger partial charge in [0, 0.05) is 29.3 Å². The molecule has 0 aliphatic rings. The molecule has 158 valence electrons. The molecule has 0 fully saturated rings. The van der Waals surface area contributed by atoms with Gasteiger partial charge in [0.25, 0.3) is 0 Å². The van der Waals surface area contributed by atoms with Crippen LogP contribution < -0.4 is 14.9 Å². The zero-order valence-corrected chi connectivity index (χ0v) is 18.0. The number of phenolic OH excluding ortho intramolecular Hbond substituents is 1. The van der Waals surface area contributed by atoms with E-state index in [1.54, 1.807) is 24.3 Å². The minimum atomic E-state index is -0.474. The third-order valence-electron chi connectivity index (χ3n) is 4.52. The number of phenols is 1. The first-order valence-electron chi connectivity index (χ1n) is 9.28. The van der Waals surface area contributed by atoms with Gasteiger partial charge in [-0.2, -0.15) is 0 Å². The van der Waals surface area contributed by atoms with Crippen LogP contribution in [0, 0.1) is 0 Å². The van der Waals surface area contributed by atoms with Gasteiger partial charge in [-0.15, -0.1) is 0 Å². The molecule has 1 N–H and O–H groups in total. The van der Waals surface area contributed by atoms with Crippen molar-refractivity contribution in [3.05, 3.63) is 62.8 Å². The van der Waals surface area contributed by atoms with Crippen molar-refractivity contribution in [3.63, 3.8) is 0 Å². The van der Waals surface area contributed by atoms with E-state index in [0.29, 0.717) is 28.3 Å². The molecular formula is C23H23ClO6. The largest absolute Gasteiger partial charge is 0.507 e. The molecular weight excluding hydrogens is 408 g/mol. The van der Waals surface area contributed by atoms with Crippen molar-refractivity contribution in [1.82, 2.24) is 0 Å². The standard InChI is InChI=1S/C23H23ClO6/c1-13(2)5-10-16-18(29-12-27-3)11-17(25)19-20(26)23(28-4)21(30-22(16)19)14-6-8-15(24)9-7-14/h5-9,11,25H,10,12H2,1-4H3. The molecule has 3 rings (SSSR count). The maximum atomic E-state index is 13.2. The molecule has 0 bridgehead atoms. The second kappa shape index (κ2) is 9.24. The number of benzene rings is 2. The Bertz CT molecular complexity index is 1140. The van der Waals surface area contributed by atoms with Crippen molar-refractivity contribution in [2.75, 3.05) is 21.0 Å². The van der Waals surface area contributed by atoms with E-state index in [4.69, 9.17) is 30.2 Å². The normalized spacial score (nSPS) is 10.8. The van der Waals surface area contributed by atoms with E-state index < -0.39 is 5.43 Å². The minimum Gasteiger partial charge on any atom is -0.507 e. The predicted molar refractivity (Wildman–Crippen MR) is 117 cm³/mol. The molecule has 3 aromatic rings.